The van der Waals surface area contributed by atoms with E-state index in [1.165, 1.54) is 12.1 Å². The molecule has 2 N–H and O–H groups in total. The molecule has 0 aliphatic rings. The molecule has 0 amide bonds. The van der Waals surface area contributed by atoms with Crippen molar-refractivity contribution in [2.75, 3.05) is 5.73 Å². The minimum absolute atomic E-state index is 0.219. The number of rotatable bonds is 2. The molecule has 0 radical (unpaired) electrons. The summed E-state index contributed by atoms with van der Waals surface area (Å²) in [5, 5.41) is 13.4. The molecule has 3 aromatic rings. The van der Waals surface area contributed by atoms with Crippen LogP contribution in [0.5, 0.6) is 0 Å². The van der Waals surface area contributed by atoms with Crippen LogP contribution in [0.25, 0.3) is 5.65 Å². The average Bonchev–Trinajstić information content (AvgIpc) is 2.74. The molecule has 0 atom stereocenters. The molecule has 1 aromatic carbocycles. The Morgan fingerprint density at radius 3 is 2.26 bits per heavy atom. The average molecular weight is 370 g/mol. The predicted octanol–water partition coefficient (Wildman–Crippen LogP) is 5.30. The zero-order valence-electron chi connectivity index (χ0n) is 12.2. The molecule has 118 valence electrons. The fourth-order valence-electron chi connectivity index (χ4n) is 2.15. The molecular formula is C14H11Cl3N6. The number of halogens is 3. The van der Waals surface area contributed by atoms with E-state index in [0.29, 0.717) is 32.1 Å². The summed E-state index contributed by atoms with van der Waals surface area (Å²) in [5.74, 6) is 0.219. The maximum Gasteiger partial charge on any atom is 0.185 e. The number of hydrogen-bond donors (Lipinski definition) is 1. The Morgan fingerprint density at radius 2 is 1.61 bits per heavy atom. The van der Waals surface area contributed by atoms with Gasteiger partial charge in [0.1, 0.15) is 5.69 Å². The highest BCUT2D eigenvalue weighted by Crippen LogP contribution is 2.38. The van der Waals surface area contributed by atoms with Crippen molar-refractivity contribution in [3.63, 3.8) is 0 Å². The van der Waals surface area contributed by atoms with Crippen LogP contribution in [-0.2, 0) is 0 Å². The number of aryl methyl sites for hydroxylation is 2. The van der Waals surface area contributed by atoms with Crippen LogP contribution in [0.4, 0.5) is 17.2 Å². The molecule has 0 saturated heterocycles. The van der Waals surface area contributed by atoms with Gasteiger partial charge in [-0.15, -0.1) is 15.3 Å². The summed E-state index contributed by atoms with van der Waals surface area (Å²) in [6, 6.07) is 4.97. The maximum absolute atomic E-state index is 6.09. The summed E-state index contributed by atoms with van der Waals surface area (Å²) < 4.78 is 1.61. The Bertz CT molecular complexity index is 924. The van der Waals surface area contributed by atoms with Crippen molar-refractivity contribution in [1.82, 2.24) is 14.6 Å². The first-order chi connectivity index (χ1) is 10.9. The minimum Gasteiger partial charge on any atom is -0.380 e. The highest BCUT2D eigenvalue weighted by Gasteiger charge is 2.14. The molecule has 0 aliphatic heterocycles. The number of aromatic nitrogens is 3. The smallest absolute Gasteiger partial charge is 0.185 e. The van der Waals surface area contributed by atoms with Crippen LogP contribution in [0.1, 0.15) is 11.4 Å². The lowest BCUT2D eigenvalue weighted by Crippen LogP contribution is -1.97. The highest BCUT2D eigenvalue weighted by atomic mass is 35.5. The molecule has 23 heavy (non-hydrogen) atoms. The Morgan fingerprint density at radius 1 is 1.00 bits per heavy atom. The van der Waals surface area contributed by atoms with Crippen molar-refractivity contribution < 1.29 is 0 Å². The van der Waals surface area contributed by atoms with E-state index in [0.717, 1.165) is 11.4 Å². The van der Waals surface area contributed by atoms with Crippen LogP contribution >= 0.6 is 34.8 Å². The van der Waals surface area contributed by atoms with E-state index in [1.807, 2.05) is 19.9 Å². The number of azo groups is 1. The second kappa shape index (κ2) is 5.96. The SMILES string of the molecule is Cc1cc(C)n2nc(N)c(N=Nc3c(Cl)cc(Cl)cc3Cl)c2n1. The molecule has 6 nitrogen and oxygen atoms in total. The highest BCUT2D eigenvalue weighted by molar-refractivity contribution is 6.41. The topological polar surface area (TPSA) is 80.9 Å². The molecule has 3 rings (SSSR count). The third-order valence-electron chi connectivity index (χ3n) is 3.13. The Hall–Kier alpha value is -1.89. The van der Waals surface area contributed by atoms with Crippen LogP contribution < -0.4 is 5.73 Å². The summed E-state index contributed by atoms with van der Waals surface area (Å²) in [4.78, 5) is 4.41. The van der Waals surface area contributed by atoms with Crippen LogP contribution in [0.2, 0.25) is 15.1 Å². The lowest BCUT2D eigenvalue weighted by Gasteiger charge is -2.01. The van der Waals surface area contributed by atoms with Gasteiger partial charge in [-0.05, 0) is 32.0 Å². The van der Waals surface area contributed by atoms with Gasteiger partial charge in [0.15, 0.2) is 17.2 Å². The van der Waals surface area contributed by atoms with Crippen molar-refractivity contribution in [3.05, 3.63) is 44.7 Å². The van der Waals surface area contributed by atoms with Crippen molar-refractivity contribution in [2.24, 2.45) is 10.2 Å². The molecule has 0 spiro atoms. The largest absolute Gasteiger partial charge is 0.380 e. The summed E-state index contributed by atoms with van der Waals surface area (Å²) in [6.45, 7) is 3.78. The summed E-state index contributed by atoms with van der Waals surface area (Å²) in [6.07, 6.45) is 0. The van der Waals surface area contributed by atoms with Gasteiger partial charge in [0, 0.05) is 16.4 Å². The number of hydrogen-bond acceptors (Lipinski definition) is 5. The van der Waals surface area contributed by atoms with E-state index in [-0.39, 0.29) is 5.82 Å². The fraction of sp³-hybridized carbons (Fsp3) is 0.143. The molecule has 2 aromatic heterocycles. The number of anilines is 1. The number of nitrogen functional groups attached to an aromatic ring is 1. The normalized spacial score (nSPS) is 11.7. The molecule has 9 heteroatoms. The lowest BCUT2D eigenvalue weighted by molar-refractivity contribution is 0.890. The first kappa shape index (κ1) is 16.0. The second-order valence-electron chi connectivity index (χ2n) is 4.93. The zero-order chi connectivity index (χ0) is 16.7. The van der Waals surface area contributed by atoms with Crippen molar-refractivity contribution in [2.45, 2.75) is 13.8 Å². The number of benzene rings is 1. The van der Waals surface area contributed by atoms with Gasteiger partial charge in [-0.3, -0.25) is 0 Å². The third-order valence-corrected chi connectivity index (χ3v) is 3.92. The van der Waals surface area contributed by atoms with Gasteiger partial charge in [0.05, 0.1) is 10.0 Å². The Balaban J connectivity index is 2.14. The van der Waals surface area contributed by atoms with E-state index in [9.17, 15) is 0 Å². The molecule has 0 bridgehead atoms. The van der Waals surface area contributed by atoms with E-state index in [4.69, 9.17) is 40.5 Å². The molecule has 0 unspecified atom stereocenters. The zero-order valence-corrected chi connectivity index (χ0v) is 14.4. The third kappa shape index (κ3) is 2.97. The fourth-order valence-corrected chi connectivity index (χ4v) is 3.04. The molecule has 0 fully saturated rings. The van der Waals surface area contributed by atoms with Gasteiger partial charge in [-0.2, -0.15) is 0 Å². The van der Waals surface area contributed by atoms with Gasteiger partial charge >= 0.3 is 0 Å². The van der Waals surface area contributed by atoms with E-state index >= 15 is 0 Å². The first-order valence-electron chi connectivity index (χ1n) is 6.55. The van der Waals surface area contributed by atoms with Crippen molar-refractivity contribution >= 4 is 57.6 Å². The molecular weight excluding hydrogens is 359 g/mol. The number of nitrogens with zero attached hydrogens (tertiary/aromatic N) is 5. The molecule has 2 heterocycles. The van der Waals surface area contributed by atoms with Crippen LogP contribution in [0.3, 0.4) is 0 Å². The monoisotopic (exact) mass is 368 g/mol. The second-order valence-corrected chi connectivity index (χ2v) is 6.18. The standard InChI is InChI=1S/C14H11Cl3N6/c1-6-3-7(2)23-14(19-6)12(13(18)22-23)21-20-11-9(16)4-8(15)5-10(11)17/h3-5H,1-2H3,(H2,18,22). The number of fused-ring (bicyclic) bond motifs is 1. The van der Waals surface area contributed by atoms with Gasteiger partial charge in [-0.25, -0.2) is 9.50 Å². The van der Waals surface area contributed by atoms with E-state index < -0.39 is 0 Å². The number of nitrogens with two attached hydrogens (primary N) is 1. The minimum atomic E-state index is 0.219. The predicted molar refractivity (Wildman–Crippen MR) is 92.5 cm³/mol. The Kier molecular flexibility index (Phi) is 4.14. The van der Waals surface area contributed by atoms with E-state index in [2.05, 4.69) is 20.3 Å². The lowest BCUT2D eigenvalue weighted by atomic mass is 10.3. The summed E-state index contributed by atoms with van der Waals surface area (Å²) in [7, 11) is 0. The van der Waals surface area contributed by atoms with Crippen LogP contribution in [-0.4, -0.2) is 14.6 Å². The summed E-state index contributed by atoms with van der Waals surface area (Å²) >= 11 is 18.1. The molecule has 0 aliphatic carbocycles. The van der Waals surface area contributed by atoms with Gasteiger partial charge in [0.2, 0.25) is 0 Å². The molecule has 0 saturated carbocycles. The maximum atomic E-state index is 6.09. The first-order valence-corrected chi connectivity index (χ1v) is 7.69. The van der Waals surface area contributed by atoms with Crippen LogP contribution in [0, 0.1) is 13.8 Å². The van der Waals surface area contributed by atoms with E-state index in [1.54, 1.807) is 4.52 Å². The van der Waals surface area contributed by atoms with Crippen molar-refractivity contribution in [3.8, 4) is 0 Å². The van der Waals surface area contributed by atoms with Crippen LogP contribution in [0.15, 0.2) is 28.4 Å². The van der Waals surface area contributed by atoms with Gasteiger partial charge in [0.25, 0.3) is 0 Å². The Labute approximate surface area is 146 Å². The quantitative estimate of drug-likeness (QED) is 0.622. The van der Waals surface area contributed by atoms with Crippen molar-refractivity contribution in [1.29, 1.82) is 0 Å². The summed E-state index contributed by atoms with van der Waals surface area (Å²) in [5.41, 5.74) is 8.83. The van der Waals surface area contributed by atoms with Gasteiger partial charge < -0.3 is 5.73 Å². The van der Waals surface area contributed by atoms with Gasteiger partial charge in [-0.1, -0.05) is 34.8 Å².